The quantitative estimate of drug-likeness (QED) is 0.340. The lowest BCUT2D eigenvalue weighted by atomic mass is 9.65. The Kier molecular flexibility index (Phi) is 6.39. The van der Waals surface area contributed by atoms with Gasteiger partial charge < -0.3 is 33.2 Å². The molecule has 2 aromatic rings. The Balaban J connectivity index is 1.56. The predicted octanol–water partition coefficient (Wildman–Crippen LogP) is 5.28. The maximum atomic E-state index is 13.6. The van der Waals surface area contributed by atoms with Crippen molar-refractivity contribution in [3.8, 4) is 28.7 Å². The molecule has 2 aliphatic carbocycles. The van der Waals surface area contributed by atoms with Gasteiger partial charge in [-0.25, -0.2) is 0 Å². The molecule has 2 fully saturated rings. The molecule has 8 nitrogen and oxygen atoms in total. The highest BCUT2D eigenvalue weighted by molar-refractivity contribution is 9.10. The van der Waals surface area contributed by atoms with Crippen LogP contribution < -0.4 is 23.7 Å². The minimum atomic E-state index is -1.06. The van der Waals surface area contributed by atoms with Gasteiger partial charge >= 0.3 is 5.97 Å². The highest BCUT2D eigenvalue weighted by Gasteiger charge is 2.63. The van der Waals surface area contributed by atoms with E-state index in [4.69, 9.17) is 33.2 Å². The highest BCUT2D eigenvalue weighted by Crippen LogP contribution is 2.62. The molecular formula is C28H31BrO8. The molecule has 9 heteroatoms. The van der Waals surface area contributed by atoms with E-state index in [2.05, 4.69) is 15.9 Å². The van der Waals surface area contributed by atoms with E-state index in [0.717, 1.165) is 42.4 Å². The zero-order chi connectivity index (χ0) is 25.7. The zero-order valence-corrected chi connectivity index (χ0v) is 22.8. The fraction of sp³-hybridized carbons (Fsp3) is 0.536. The molecule has 0 spiro atoms. The number of halogens is 1. The van der Waals surface area contributed by atoms with Crippen molar-refractivity contribution in [2.75, 3.05) is 34.7 Å². The molecule has 0 N–H and O–H groups in total. The van der Waals surface area contributed by atoms with Gasteiger partial charge in [0.25, 0.3) is 0 Å². The van der Waals surface area contributed by atoms with Crippen molar-refractivity contribution < 1.29 is 38.0 Å². The second kappa shape index (κ2) is 9.58. The predicted molar refractivity (Wildman–Crippen MR) is 137 cm³/mol. The monoisotopic (exact) mass is 574 g/mol. The van der Waals surface area contributed by atoms with Gasteiger partial charge in [0.15, 0.2) is 23.0 Å². The van der Waals surface area contributed by atoms with Crippen molar-refractivity contribution in [2.24, 2.45) is 5.92 Å². The summed E-state index contributed by atoms with van der Waals surface area (Å²) in [4.78, 5) is 13.6. The minimum absolute atomic E-state index is 0.141. The van der Waals surface area contributed by atoms with Crippen molar-refractivity contribution in [1.29, 1.82) is 0 Å². The van der Waals surface area contributed by atoms with E-state index in [1.54, 1.807) is 21.3 Å². The first-order valence-electron chi connectivity index (χ1n) is 12.7. The molecule has 1 saturated carbocycles. The van der Waals surface area contributed by atoms with E-state index in [9.17, 15) is 4.79 Å². The molecule has 4 aliphatic rings. The molecule has 0 amide bonds. The number of methoxy groups -OCH3 is 3. The first-order valence-corrected chi connectivity index (χ1v) is 13.5. The van der Waals surface area contributed by atoms with Crippen LogP contribution in [0.1, 0.15) is 60.8 Å². The van der Waals surface area contributed by atoms with Gasteiger partial charge in [0.2, 0.25) is 12.5 Å². The van der Waals surface area contributed by atoms with Crippen LogP contribution in [0.25, 0.3) is 0 Å². The van der Waals surface area contributed by atoms with Gasteiger partial charge in [-0.1, -0.05) is 35.2 Å². The maximum Gasteiger partial charge on any atom is 0.324 e. The van der Waals surface area contributed by atoms with Crippen LogP contribution in [-0.4, -0.2) is 51.1 Å². The van der Waals surface area contributed by atoms with Crippen LogP contribution in [-0.2, 0) is 14.3 Å². The van der Waals surface area contributed by atoms with Crippen LogP contribution in [0.3, 0.4) is 0 Å². The van der Waals surface area contributed by atoms with Crippen LogP contribution in [0.2, 0.25) is 0 Å². The summed E-state index contributed by atoms with van der Waals surface area (Å²) in [6.07, 6.45) is 5.38. The number of rotatable bonds is 6. The molecule has 2 aromatic carbocycles. The van der Waals surface area contributed by atoms with Gasteiger partial charge in [-0.15, -0.1) is 0 Å². The van der Waals surface area contributed by atoms with Gasteiger partial charge in [0.05, 0.1) is 46.1 Å². The van der Waals surface area contributed by atoms with Crippen LogP contribution in [0.4, 0.5) is 0 Å². The summed E-state index contributed by atoms with van der Waals surface area (Å²) in [7, 11) is 4.73. The fourth-order valence-electron chi connectivity index (χ4n) is 6.37. The number of hydrogen-bond donors (Lipinski definition) is 0. The normalized spacial score (nSPS) is 28.3. The van der Waals surface area contributed by atoms with Crippen LogP contribution in [0.5, 0.6) is 28.7 Å². The molecular weight excluding hydrogens is 544 g/mol. The standard InChI is InChI=1S/C28H31BrO8/c1-31-22-9-15(10-23(32-2)26(22)33-3)24-17-11-20-21(36-14-35-20)12-18(17)25(37-16-7-5-4-6-8-16)19-13-34-27(30)28(19,24)29/h9-12,16,19,24-25H,4-8,13-14H2,1-3H3/t19-,24-,25+,28+/m1/s1. The van der Waals surface area contributed by atoms with Crippen LogP contribution in [0, 0.1) is 5.92 Å². The lowest BCUT2D eigenvalue weighted by Crippen LogP contribution is -2.48. The van der Waals surface area contributed by atoms with Crippen molar-refractivity contribution in [3.63, 3.8) is 0 Å². The van der Waals surface area contributed by atoms with E-state index in [-0.39, 0.29) is 37.5 Å². The van der Waals surface area contributed by atoms with E-state index in [1.165, 1.54) is 6.42 Å². The molecule has 198 valence electrons. The van der Waals surface area contributed by atoms with Crippen molar-refractivity contribution in [2.45, 2.75) is 54.6 Å². The van der Waals surface area contributed by atoms with Gasteiger partial charge in [-0.05, 0) is 53.8 Å². The number of carbonyl (C=O) groups excluding carboxylic acids is 1. The summed E-state index contributed by atoms with van der Waals surface area (Å²) in [6.45, 7) is 0.419. The molecule has 1 saturated heterocycles. The van der Waals surface area contributed by atoms with Crippen LogP contribution >= 0.6 is 15.9 Å². The topological polar surface area (TPSA) is 81.7 Å². The number of hydrogen-bond acceptors (Lipinski definition) is 8. The van der Waals surface area contributed by atoms with Crippen LogP contribution in [0.15, 0.2) is 24.3 Å². The number of cyclic esters (lactones) is 1. The summed E-state index contributed by atoms with van der Waals surface area (Å²) in [5.41, 5.74) is 2.74. The Morgan fingerprint density at radius 1 is 0.865 bits per heavy atom. The molecule has 0 aromatic heterocycles. The smallest absolute Gasteiger partial charge is 0.324 e. The first-order chi connectivity index (χ1) is 18.0. The third kappa shape index (κ3) is 3.84. The third-order valence-electron chi connectivity index (χ3n) is 8.14. The summed E-state index contributed by atoms with van der Waals surface area (Å²) in [5.74, 6) is 1.86. The van der Waals surface area contributed by atoms with Gasteiger partial charge in [0, 0.05) is 5.92 Å². The van der Waals surface area contributed by atoms with Gasteiger partial charge in [0.1, 0.15) is 4.32 Å². The summed E-state index contributed by atoms with van der Waals surface area (Å²) >= 11 is 3.94. The Morgan fingerprint density at radius 3 is 2.14 bits per heavy atom. The Morgan fingerprint density at radius 2 is 1.51 bits per heavy atom. The zero-order valence-electron chi connectivity index (χ0n) is 21.2. The first kappa shape index (κ1) is 24.7. The number of ether oxygens (including phenoxy) is 7. The minimum Gasteiger partial charge on any atom is -0.493 e. The average Bonchev–Trinajstić information content (AvgIpc) is 3.50. The lowest BCUT2D eigenvalue weighted by Gasteiger charge is -2.45. The molecule has 0 radical (unpaired) electrons. The van der Waals surface area contributed by atoms with E-state index in [0.29, 0.717) is 28.7 Å². The molecule has 0 unspecified atom stereocenters. The number of benzene rings is 2. The second-order valence-corrected chi connectivity index (χ2v) is 11.3. The van der Waals surface area contributed by atoms with E-state index >= 15 is 0 Å². The highest BCUT2D eigenvalue weighted by atomic mass is 79.9. The average molecular weight is 575 g/mol. The fourth-order valence-corrected chi connectivity index (χ4v) is 7.37. The largest absolute Gasteiger partial charge is 0.493 e. The Bertz CT molecular complexity index is 1180. The Hall–Kier alpha value is -2.65. The number of alkyl halides is 1. The van der Waals surface area contributed by atoms with E-state index in [1.807, 2.05) is 24.3 Å². The molecule has 37 heavy (non-hydrogen) atoms. The molecule has 4 atom stereocenters. The van der Waals surface area contributed by atoms with E-state index < -0.39 is 10.2 Å². The molecule has 0 bridgehead atoms. The van der Waals surface area contributed by atoms with Crippen molar-refractivity contribution >= 4 is 21.9 Å². The lowest BCUT2D eigenvalue weighted by molar-refractivity contribution is -0.140. The molecule has 2 aliphatic heterocycles. The summed E-state index contributed by atoms with van der Waals surface area (Å²) < 4.78 is 39.9. The van der Waals surface area contributed by atoms with Crippen molar-refractivity contribution in [1.82, 2.24) is 0 Å². The SMILES string of the molecule is COc1cc([C@@H]2c3cc4c(cc3[C@H](OC3CCCCC3)[C@H]3COC(=O)[C@@]23Br)OCO4)cc(OC)c1OC. The molecule has 2 heterocycles. The van der Waals surface area contributed by atoms with Crippen molar-refractivity contribution in [3.05, 3.63) is 41.0 Å². The second-order valence-electron chi connectivity index (χ2n) is 10.0. The summed E-state index contributed by atoms with van der Waals surface area (Å²) in [5, 5.41) is 0. The van der Waals surface area contributed by atoms with Gasteiger partial charge in [-0.2, -0.15) is 0 Å². The summed E-state index contributed by atoms with van der Waals surface area (Å²) in [6, 6.07) is 7.79. The number of esters is 1. The maximum absolute atomic E-state index is 13.6. The number of fused-ring (bicyclic) bond motifs is 3. The Labute approximate surface area is 224 Å². The number of carbonyl (C=O) groups is 1. The third-order valence-corrected chi connectivity index (χ3v) is 9.51. The van der Waals surface area contributed by atoms with Gasteiger partial charge in [-0.3, -0.25) is 4.79 Å². The molecule has 6 rings (SSSR count).